The van der Waals surface area contributed by atoms with Gasteiger partial charge < -0.3 is 19.7 Å². The zero-order chi connectivity index (χ0) is 23.5. The van der Waals surface area contributed by atoms with Crippen molar-refractivity contribution < 1.29 is 19.0 Å². The molecule has 2 N–H and O–H groups in total. The largest absolute Gasteiger partial charge is 0.494 e. The Labute approximate surface area is 190 Å². The highest BCUT2D eigenvalue weighted by atomic mass is 19.1. The average molecular weight is 449 g/mol. The average Bonchev–Trinajstić information content (AvgIpc) is 3.15. The molecule has 2 aromatic carbocycles. The van der Waals surface area contributed by atoms with Gasteiger partial charge >= 0.3 is 0 Å². The van der Waals surface area contributed by atoms with E-state index >= 15 is 0 Å². The predicted octanol–water partition coefficient (Wildman–Crippen LogP) is 2.71. The van der Waals surface area contributed by atoms with Crippen LogP contribution in [0.1, 0.15) is 27.6 Å². The van der Waals surface area contributed by atoms with Crippen LogP contribution in [-0.4, -0.2) is 52.3 Å². The van der Waals surface area contributed by atoms with Crippen molar-refractivity contribution >= 4 is 11.6 Å². The molecular formula is C24H24FN5O3. The van der Waals surface area contributed by atoms with E-state index in [-0.39, 0.29) is 35.0 Å². The maximum Gasteiger partial charge on any atom is 0.291 e. The fourth-order valence-electron chi connectivity index (χ4n) is 4.17. The fourth-order valence-corrected chi connectivity index (χ4v) is 4.17. The van der Waals surface area contributed by atoms with Crippen LogP contribution >= 0.6 is 0 Å². The van der Waals surface area contributed by atoms with Crippen molar-refractivity contribution in [3.63, 3.8) is 0 Å². The molecule has 0 bridgehead atoms. The maximum absolute atomic E-state index is 14.8. The van der Waals surface area contributed by atoms with E-state index in [1.807, 2.05) is 0 Å². The molecule has 0 atom stereocenters. The molecule has 0 radical (unpaired) electrons. The minimum Gasteiger partial charge on any atom is -0.494 e. The molecule has 33 heavy (non-hydrogen) atoms. The molecule has 4 rings (SSSR count). The van der Waals surface area contributed by atoms with Crippen molar-refractivity contribution in [1.82, 2.24) is 14.5 Å². The summed E-state index contributed by atoms with van der Waals surface area (Å²) in [6.45, 7) is 1.96. The summed E-state index contributed by atoms with van der Waals surface area (Å²) in [4.78, 5) is 19.7. The highest BCUT2D eigenvalue weighted by Gasteiger charge is 2.26. The van der Waals surface area contributed by atoms with E-state index in [0.717, 1.165) is 24.4 Å². The van der Waals surface area contributed by atoms with Gasteiger partial charge in [-0.1, -0.05) is 24.3 Å². The Morgan fingerprint density at radius 3 is 2.79 bits per heavy atom. The van der Waals surface area contributed by atoms with Gasteiger partial charge in [-0.15, -0.1) is 0 Å². The molecule has 170 valence electrons. The molecule has 0 saturated heterocycles. The molecule has 1 amide bonds. The lowest BCUT2D eigenvalue weighted by molar-refractivity contribution is 0.101. The fraction of sp³-hybridized carbons (Fsp3) is 0.292. The zero-order valence-corrected chi connectivity index (χ0v) is 18.4. The van der Waals surface area contributed by atoms with Gasteiger partial charge in [0.2, 0.25) is 0 Å². The number of aliphatic hydroxyl groups is 1. The minimum atomic E-state index is -0.579. The van der Waals surface area contributed by atoms with E-state index in [9.17, 15) is 19.6 Å². The Balaban J connectivity index is 1.66. The number of carbonyl (C=O) groups excluding carboxylic acids is 1. The van der Waals surface area contributed by atoms with Gasteiger partial charge in [-0.2, -0.15) is 5.26 Å². The number of nitrogens with zero attached hydrogens (tertiary/aromatic N) is 4. The van der Waals surface area contributed by atoms with E-state index in [4.69, 9.17) is 4.74 Å². The third kappa shape index (κ3) is 4.18. The van der Waals surface area contributed by atoms with Gasteiger partial charge in [0, 0.05) is 49.9 Å². The number of hydrogen-bond donors (Lipinski definition) is 2. The SMILES string of the molecule is COc1cccc(-c2cccc(NC(=O)c3nc4c(n3C)CCN(CCO)C4)c2C#N)c1F. The van der Waals surface area contributed by atoms with Crippen molar-refractivity contribution in [2.75, 3.05) is 32.1 Å². The number of aliphatic hydroxyl groups excluding tert-OH is 1. The van der Waals surface area contributed by atoms with Crippen LogP contribution in [0, 0.1) is 17.1 Å². The summed E-state index contributed by atoms with van der Waals surface area (Å²) < 4.78 is 21.7. The molecule has 0 fully saturated rings. The number of β-amino-alcohol motifs (C(OH)–C–C–N with tert-alkyl or cyclic N) is 1. The first kappa shape index (κ1) is 22.5. The summed E-state index contributed by atoms with van der Waals surface area (Å²) in [6, 6.07) is 11.7. The summed E-state index contributed by atoms with van der Waals surface area (Å²) in [5.74, 6) is -0.739. The van der Waals surface area contributed by atoms with Gasteiger partial charge in [-0.25, -0.2) is 9.37 Å². The van der Waals surface area contributed by atoms with Crippen molar-refractivity contribution in [3.05, 3.63) is 65.0 Å². The Morgan fingerprint density at radius 1 is 1.30 bits per heavy atom. The molecular weight excluding hydrogens is 425 g/mol. The summed E-state index contributed by atoms with van der Waals surface area (Å²) in [6.07, 6.45) is 0.722. The van der Waals surface area contributed by atoms with Crippen LogP contribution in [0.15, 0.2) is 36.4 Å². The molecule has 1 aliphatic heterocycles. The second kappa shape index (κ2) is 9.40. The Bertz CT molecular complexity index is 1250. The maximum atomic E-state index is 14.8. The Morgan fingerprint density at radius 2 is 2.06 bits per heavy atom. The highest BCUT2D eigenvalue weighted by Crippen LogP contribution is 2.34. The molecule has 3 aromatic rings. The van der Waals surface area contributed by atoms with E-state index in [0.29, 0.717) is 18.7 Å². The third-order valence-electron chi connectivity index (χ3n) is 5.85. The van der Waals surface area contributed by atoms with Gasteiger partial charge in [0.25, 0.3) is 5.91 Å². The topological polar surface area (TPSA) is 103 Å². The standard InChI is InChI=1S/C24H24FN5O3/c1-29-20-9-10-30(11-12-31)14-19(20)27-23(29)24(32)28-18-7-3-5-15(17(18)13-26)16-6-4-8-21(33-2)22(16)25/h3-8,31H,9-12,14H2,1-2H3,(H,28,32). The molecule has 0 saturated carbocycles. The smallest absolute Gasteiger partial charge is 0.291 e. The van der Waals surface area contributed by atoms with Crippen LogP contribution in [0.3, 0.4) is 0 Å². The third-order valence-corrected chi connectivity index (χ3v) is 5.85. The lowest BCUT2D eigenvalue weighted by Gasteiger charge is -2.25. The first-order valence-corrected chi connectivity index (χ1v) is 10.5. The monoisotopic (exact) mass is 449 g/mol. The lowest BCUT2D eigenvalue weighted by atomic mass is 9.98. The summed E-state index contributed by atoms with van der Waals surface area (Å²) in [5.41, 5.74) is 2.75. The summed E-state index contributed by atoms with van der Waals surface area (Å²) >= 11 is 0. The number of nitrogens with one attached hydrogen (secondary N) is 1. The van der Waals surface area contributed by atoms with Crippen LogP contribution in [0.2, 0.25) is 0 Å². The molecule has 9 heteroatoms. The number of fused-ring (bicyclic) bond motifs is 1. The van der Waals surface area contributed by atoms with Gasteiger partial charge in [-0.05, 0) is 12.1 Å². The number of aromatic nitrogens is 2. The van der Waals surface area contributed by atoms with Crippen molar-refractivity contribution in [3.8, 4) is 22.9 Å². The number of amides is 1. The lowest BCUT2D eigenvalue weighted by Crippen LogP contribution is -2.33. The number of hydrogen-bond acceptors (Lipinski definition) is 6. The first-order chi connectivity index (χ1) is 16.0. The number of rotatable bonds is 6. The predicted molar refractivity (Wildman–Crippen MR) is 120 cm³/mol. The molecule has 0 unspecified atom stereocenters. The number of ether oxygens (including phenoxy) is 1. The van der Waals surface area contributed by atoms with Crippen LogP contribution in [0.25, 0.3) is 11.1 Å². The van der Waals surface area contributed by atoms with Crippen molar-refractivity contribution in [2.45, 2.75) is 13.0 Å². The van der Waals surface area contributed by atoms with Crippen LogP contribution in [0.5, 0.6) is 5.75 Å². The molecule has 8 nitrogen and oxygen atoms in total. The van der Waals surface area contributed by atoms with Crippen LogP contribution < -0.4 is 10.1 Å². The van der Waals surface area contributed by atoms with E-state index in [1.54, 1.807) is 41.9 Å². The molecule has 1 aliphatic rings. The number of imidazole rings is 1. The van der Waals surface area contributed by atoms with Gasteiger partial charge in [0.05, 0.1) is 30.7 Å². The van der Waals surface area contributed by atoms with Gasteiger partial charge in [0.15, 0.2) is 17.4 Å². The number of nitriles is 1. The van der Waals surface area contributed by atoms with Crippen molar-refractivity contribution in [1.29, 1.82) is 5.26 Å². The molecule has 2 heterocycles. The Kier molecular flexibility index (Phi) is 6.40. The number of halogens is 1. The first-order valence-electron chi connectivity index (χ1n) is 10.5. The summed E-state index contributed by atoms with van der Waals surface area (Å²) in [7, 11) is 3.16. The molecule has 0 aliphatic carbocycles. The normalized spacial score (nSPS) is 13.3. The zero-order valence-electron chi connectivity index (χ0n) is 18.4. The number of methoxy groups -OCH3 is 1. The number of carbonyl (C=O) groups is 1. The van der Waals surface area contributed by atoms with E-state index < -0.39 is 11.7 Å². The van der Waals surface area contributed by atoms with Gasteiger partial charge in [-0.3, -0.25) is 9.69 Å². The van der Waals surface area contributed by atoms with Gasteiger partial charge in [0.1, 0.15) is 6.07 Å². The van der Waals surface area contributed by atoms with E-state index in [2.05, 4.69) is 21.3 Å². The highest BCUT2D eigenvalue weighted by molar-refractivity contribution is 6.03. The molecule has 0 spiro atoms. The van der Waals surface area contributed by atoms with Crippen LogP contribution in [-0.2, 0) is 20.0 Å². The molecule has 1 aromatic heterocycles. The van der Waals surface area contributed by atoms with Crippen molar-refractivity contribution in [2.24, 2.45) is 7.05 Å². The summed E-state index contributed by atoms with van der Waals surface area (Å²) in [5, 5.41) is 21.8. The van der Waals surface area contributed by atoms with Crippen LogP contribution in [0.4, 0.5) is 10.1 Å². The Hall–Kier alpha value is -3.74. The number of anilines is 1. The van der Waals surface area contributed by atoms with E-state index in [1.165, 1.54) is 13.2 Å². The number of benzene rings is 2. The minimum absolute atomic E-state index is 0.0661. The second-order valence-corrected chi connectivity index (χ2v) is 7.75. The second-order valence-electron chi connectivity index (χ2n) is 7.75. The quantitative estimate of drug-likeness (QED) is 0.600.